The highest BCUT2D eigenvalue weighted by atomic mass is 16.7. The number of para-hydroxylation sites is 1. The van der Waals surface area contributed by atoms with Crippen LogP contribution in [0.1, 0.15) is 0 Å². The van der Waals surface area contributed by atoms with Crippen molar-refractivity contribution >= 4 is 22.7 Å². The summed E-state index contributed by atoms with van der Waals surface area (Å²) in [6.07, 6.45) is 0. The third-order valence-electron chi connectivity index (χ3n) is 4.51. The number of anilines is 4. The monoisotopic (exact) mass is 394 g/mol. The average molecular weight is 394 g/mol. The Morgan fingerprint density at radius 2 is 1.24 bits per heavy atom. The van der Waals surface area contributed by atoms with Gasteiger partial charge in [-0.15, -0.1) is 0 Å². The largest absolute Gasteiger partial charge is 0.493 e. The van der Waals surface area contributed by atoms with Crippen molar-refractivity contribution < 1.29 is 23.7 Å². The van der Waals surface area contributed by atoms with E-state index in [0.29, 0.717) is 28.7 Å². The second kappa shape index (κ2) is 8.10. The van der Waals surface area contributed by atoms with Gasteiger partial charge in [0.05, 0.1) is 32.7 Å². The van der Waals surface area contributed by atoms with Gasteiger partial charge < -0.3 is 34.3 Å². The summed E-state index contributed by atoms with van der Waals surface area (Å²) in [6, 6.07) is 17.4. The molecule has 3 aromatic rings. The fourth-order valence-corrected chi connectivity index (χ4v) is 3.13. The maximum atomic E-state index is 5.55. The van der Waals surface area contributed by atoms with Crippen LogP contribution < -0.4 is 34.3 Å². The second-order valence-corrected chi connectivity index (χ2v) is 6.28. The Balaban J connectivity index is 1.73. The van der Waals surface area contributed by atoms with Gasteiger partial charge in [0, 0.05) is 35.6 Å². The highest BCUT2D eigenvalue weighted by molar-refractivity contribution is 5.82. The fraction of sp³-hybridized carbons (Fsp3) is 0.182. The van der Waals surface area contributed by atoms with Crippen LogP contribution in [0.3, 0.4) is 0 Å². The molecule has 0 fully saturated rings. The standard InChI is InChI=1S/C22H22N2O5/c1-25-20-9-15(10-21(26-2)22(20)27-3)24-17-12-19-18(28-13-29-19)11-16(17)23-14-7-5-4-6-8-14/h4-12,23-24H,13H2,1-3H3. The highest BCUT2D eigenvalue weighted by Gasteiger charge is 2.19. The third kappa shape index (κ3) is 3.80. The highest BCUT2D eigenvalue weighted by Crippen LogP contribution is 2.44. The van der Waals surface area contributed by atoms with Gasteiger partial charge in [0.1, 0.15) is 0 Å². The summed E-state index contributed by atoms with van der Waals surface area (Å²) in [5.41, 5.74) is 3.38. The third-order valence-corrected chi connectivity index (χ3v) is 4.51. The average Bonchev–Trinajstić information content (AvgIpc) is 3.21. The predicted octanol–water partition coefficient (Wildman–Crippen LogP) is 4.93. The Morgan fingerprint density at radius 3 is 1.76 bits per heavy atom. The lowest BCUT2D eigenvalue weighted by molar-refractivity contribution is 0.174. The van der Waals surface area contributed by atoms with Crippen LogP contribution in [0.2, 0.25) is 0 Å². The molecule has 0 unspecified atom stereocenters. The summed E-state index contributed by atoms with van der Waals surface area (Å²) < 4.78 is 27.4. The molecule has 0 radical (unpaired) electrons. The van der Waals surface area contributed by atoms with Crippen molar-refractivity contribution in [1.82, 2.24) is 0 Å². The van der Waals surface area contributed by atoms with E-state index in [4.69, 9.17) is 23.7 Å². The van der Waals surface area contributed by atoms with Gasteiger partial charge in [-0.3, -0.25) is 0 Å². The molecule has 0 spiro atoms. The van der Waals surface area contributed by atoms with Crippen molar-refractivity contribution in [2.75, 3.05) is 38.8 Å². The van der Waals surface area contributed by atoms with Crippen LogP contribution in [0, 0.1) is 0 Å². The first kappa shape index (κ1) is 18.6. The molecule has 0 aromatic heterocycles. The molecule has 7 nitrogen and oxygen atoms in total. The predicted molar refractivity (Wildman–Crippen MR) is 112 cm³/mol. The topological polar surface area (TPSA) is 70.2 Å². The number of rotatable bonds is 7. The molecule has 1 aliphatic rings. The van der Waals surface area contributed by atoms with Crippen LogP contribution in [-0.4, -0.2) is 28.1 Å². The van der Waals surface area contributed by atoms with E-state index in [9.17, 15) is 0 Å². The smallest absolute Gasteiger partial charge is 0.231 e. The first-order chi connectivity index (χ1) is 14.2. The molecule has 7 heteroatoms. The van der Waals surface area contributed by atoms with Crippen LogP contribution in [0.5, 0.6) is 28.7 Å². The SMILES string of the molecule is COc1cc(Nc2cc3c(cc2Nc2ccccc2)OCO3)cc(OC)c1OC. The fourth-order valence-electron chi connectivity index (χ4n) is 3.13. The Labute approximate surface area is 169 Å². The van der Waals surface area contributed by atoms with E-state index in [0.717, 1.165) is 22.7 Å². The zero-order valence-electron chi connectivity index (χ0n) is 16.4. The van der Waals surface area contributed by atoms with Gasteiger partial charge in [-0.1, -0.05) is 18.2 Å². The minimum absolute atomic E-state index is 0.202. The van der Waals surface area contributed by atoms with Crippen LogP contribution in [-0.2, 0) is 0 Å². The minimum Gasteiger partial charge on any atom is -0.493 e. The molecule has 0 atom stereocenters. The van der Waals surface area contributed by atoms with Crippen LogP contribution in [0.4, 0.5) is 22.7 Å². The van der Waals surface area contributed by atoms with E-state index in [2.05, 4.69) is 10.6 Å². The lowest BCUT2D eigenvalue weighted by Crippen LogP contribution is -2.00. The van der Waals surface area contributed by atoms with E-state index in [1.54, 1.807) is 21.3 Å². The van der Waals surface area contributed by atoms with Crippen molar-refractivity contribution in [3.8, 4) is 28.7 Å². The van der Waals surface area contributed by atoms with E-state index in [1.165, 1.54) is 0 Å². The first-order valence-corrected chi connectivity index (χ1v) is 9.04. The minimum atomic E-state index is 0.202. The number of hydrogen-bond acceptors (Lipinski definition) is 7. The summed E-state index contributed by atoms with van der Waals surface area (Å²) in [5.74, 6) is 3.03. The number of nitrogens with one attached hydrogen (secondary N) is 2. The number of hydrogen-bond donors (Lipinski definition) is 2. The number of fused-ring (bicyclic) bond motifs is 1. The first-order valence-electron chi connectivity index (χ1n) is 9.04. The molecule has 2 N–H and O–H groups in total. The Kier molecular flexibility index (Phi) is 5.20. The Hall–Kier alpha value is -3.74. The quantitative estimate of drug-likeness (QED) is 0.589. The van der Waals surface area contributed by atoms with E-state index in [1.807, 2.05) is 54.6 Å². The lowest BCUT2D eigenvalue weighted by Gasteiger charge is -2.18. The Morgan fingerprint density at radius 1 is 0.690 bits per heavy atom. The van der Waals surface area contributed by atoms with Gasteiger partial charge >= 0.3 is 0 Å². The van der Waals surface area contributed by atoms with E-state index >= 15 is 0 Å². The molecular weight excluding hydrogens is 372 g/mol. The van der Waals surface area contributed by atoms with Gasteiger partial charge in [-0.2, -0.15) is 0 Å². The molecule has 0 aliphatic carbocycles. The molecule has 1 heterocycles. The van der Waals surface area contributed by atoms with Crippen molar-refractivity contribution in [2.45, 2.75) is 0 Å². The molecule has 1 aliphatic heterocycles. The summed E-state index contributed by atoms with van der Waals surface area (Å²) >= 11 is 0. The van der Waals surface area contributed by atoms with Crippen molar-refractivity contribution in [2.24, 2.45) is 0 Å². The zero-order chi connectivity index (χ0) is 20.2. The molecule has 0 amide bonds. The lowest BCUT2D eigenvalue weighted by atomic mass is 10.2. The van der Waals surface area contributed by atoms with Crippen molar-refractivity contribution in [3.63, 3.8) is 0 Å². The van der Waals surface area contributed by atoms with E-state index < -0.39 is 0 Å². The van der Waals surface area contributed by atoms with Crippen molar-refractivity contribution in [1.29, 1.82) is 0 Å². The number of benzene rings is 3. The Bertz CT molecular complexity index is 983. The molecule has 29 heavy (non-hydrogen) atoms. The summed E-state index contributed by atoms with van der Waals surface area (Å²) in [5, 5.41) is 6.83. The normalized spacial score (nSPS) is 11.7. The van der Waals surface area contributed by atoms with E-state index in [-0.39, 0.29) is 6.79 Å². The molecule has 4 rings (SSSR count). The molecule has 0 saturated carbocycles. The summed E-state index contributed by atoms with van der Waals surface area (Å²) in [4.78, 5) is 0. The zero-order valence-corrected chi connectivity index (χ0v) is 16.4. The van der Waals surface area contributed by atoms with Crippen molar-refractivity contribution in [3.05, 3.63) is 54.6 Å². The van der Waals surface area contributed by atoms with Gasteiger partial charge in [0.25, 0.3) is 0 Å². The van der Waals surface area contributed by atoms with Gasteiger partial charge in [0.15, 0.2) is 23.0 Å². The second-order valence-electron chi connectivity index (χ2n) is 6.28. The molecular formula is C22H22N2O5. The summed E-state index contributed by atoms with van der Waals surface area (Å²) in [7, 11) is 4.75. The van der Waals surface area contributed by atoms with Gasteiger partial charge in [0.2, 0.25) is 12.5 Å². The molecule has 150 valence electrons. The van der Waals surface area contributed by atoms with Gasteiger partial charge in [-0.25, -0.2) is 0 Å². The van der Waals surface area contributed by atoms with Crippen LogP contribution in [0.15, 0.2) is 54.6 Å². The van der Waals surface area contributed by atoms with Crippen LogP contribution in [0.25, 0.3) is 0 Å². The van der Waals surface area contributed by atoms with Crippen LogP contribution >= 0.6 is 0 Å². The molecule has 3 aromatic carbocycles. The van der Waals surface area contributed by atoms with Gasteiger partial charge in [-0.05, 0) is 12.1 Å². The maximum absolute atomic E-state index is 5.55. The maximum Gasteiger partial charge on any atom is 0.231 e. The molecule has 0 saturated heterocycles. The molecule has 0 bridgehead atoms. The summed E-state index contributed by atoms with van der Waals surface area (Å²) in [6.45, 7) is 0.202. The number of methoxy groups -OCH3 is 3. The number of ether oxygens (including phenoxy) is 5.